The van der Waals surface area contributed by atoms with E-state index in [1.165, 1.54) is 11.1 Å². The number of benzene rings is 3. The van der Waals surface area contributed by atoms with Gasteiger partial charge >= 0.3 is 0 Å². The lowest BCUT2D eigenvalue weighted by atomic mass is 10.1. The van der Waals surface area contributed by atoms with Crippen molar-refractivity contribution in [2.24, 2.45) is 0 Å². The quantitative estimate of drug-likeness (QED) is 0.563. The highest BCUT2D eigenvalue weighted by atomic mass is 16.5. The topological polar surface area (TPSA) is 60.0 Å². The third-order valence-corrected chi connectivity index (χ3v) is 6.33. The minimum absolute atomic E-state index is 0.123. The summed E-state index contributed by atoms with van der Waals surface area (Å²) < 4.78 is 17.6. The molecule has 3 aromatic carbocycles. The third kappa shape index (κ3) is 7.83. The smallest absolute Gasteiger partial charge is 0.255 e. The number of para-hydroxylation sites is 1. The van der Waals surface area contributed by atoms with Crippen molar-refractivity contribution >= 4 is 5.91 Å². The Labute approximate surface area is 214 Å². The maximum atomic E-state index is 13.2. The van der Waals surface area contributed by atoms with Gasteiger partial charge in [0.15, 0.2) is 0 Å². The average molecular weight is 489 g/mol. The van der Waals surface area contributed by atoms with Crippen LogP contribution in [-0.4, -0.2) is 56.9 Å². The molecule has 6 nitrogen and oxygen atoms in total. The number of nitrogens with one attached hydrogen (secondary N) is 1. The second kappa shape index (κ2) is 13.7. The van der Waals surface area contributed by atoms with Gasteiger partial charge < -0.3 is 19.5 Å². The van der Waals surface area contributed by atoms with Crippen LogP contribution in [0, 0.1) is 0 Å². The van der Waals surface area contributed by atoms with Gasteiger partial charge in [-0.2, -0.15) is 0 Å². The van der Waals surface area contributed by atoms with Gasteiger partial charge in [0.1, 0.15) is 18.1 Å². The van der Waals surface area contributed by atoms with Crippen molar-refractivity contribution in [1.82, 2.24) is 10.2 Å². The Morgan fingerprint density at radius 1 is 0.917 bits per heavy atom. The molecule has 190 valence electrons. The van der Waals surface area contributed by atoms with Gasteiger partial charge in [-0.1, -0.05) is 54.6 Å². The van der Waals surface area contributed by atoms with Crippen molar-refractivity contribution in [1.29, 1.82) is 0 Å². The van der Waals surface area contributed by atoms with Crippen LogP contribution in [0.2, 0.25) is 0 Å². The third-order valence-electron chi connectivity index (χ3n) is 6.33. The molecule has 1 heterocycles. The molecule has 1 aliphatic heterocycles. The van der Waals surface area contributed by atoms with Gasteiger partial charge in [0.2, 0.25) is 0 Å². The summed E-state index contributed by atoms with van der Waals surface area (Å²) in [6, 6.07) is 25.7. The van der Waals surface area contributed by atoms with Crippen LogP contribution in [0.4, 0.5) is 0 Å². The molecule has 1 amide bonds. The van der Waals surface area contributed by atoms with Crippen LogP contribution in [0.15, 0.2) is 78.9 Å². The van der Waals surface area contributed by atoms with E-state index in [1.54, 1.807) is 7.11 Å². The SMILES string of the molecule is COc1cccc(CN2CCCCOC[C@H](Cc3ccccc3)NC(=O)c3ccccc3OCC2)c1. The molecule has 0 fully saturated rings. The molecule has 6 heteroatoms. The molecular formula is C30H36N2O4. The maximum absolute atomic E-state index is 13.2. The number of carbonyl (C=O) groups is 1. The first-order chi connectivity index (χ1) is 17.7. The summed E-state index contributed by atoms with van der Waals surface area (Å²) in [5.41, 5.74) is 2.92. The summed E-state index contributed by atoms with van der Waals surface area (Å²) in [5, 5.41) is 3.18. The number of carbonyl (C=O) groups excluding carboxylic acids is 1. The Balaban J connectivity index is 1.46. The van der Waals surface area contributed by atoms with Crippen LogP contribution in [-0.2, 0) is 17.7 Å². The highest BCUT2D eigenvalue weighted by molar-refractivity contribution is 5.97. The standard InChI is InChI=1S/C30H36N2O4/c1-34-27-13-9-12-25(21-27)22-32-16-7-8-18-35-23-26(20-24-10-3-2-4-11-24)31-30(33)28-14-5-6-15-29(28)36-19-17-32/h2-6,9-15,21,26H,7-8,16-20,22-23H2,1H3,(H,31,33)/t26-/m0/s1. The van der Waals surface area contributed by atoms with E-state index in [9.17, 15) is 4.79 Å². The van der Waals surface area contributed by atoms with Gasteiger partial charge in [0, 0.05) is 19.7 Å². The lowest BCUT2D eigenvalue weighted by Crippen LogP contribution is -2.40. The first-order valence-electron chi connectivity index (χ1n) is 12.7. The van der Waals surface area contributed by atoms with E-state index in [0.29, 0.717) is 37.6 Å². The number of methoxy groups -OCH3 is 1. The highest BCUT2D eigenvalue weighted by Crippen LogP contribution is 2.19. The van der Waals surface area contributed by atoms with Crippen LogP contribution < -0.4 is 14.8 Å². The van der Waals surface area contributed by atoms with Gasteiger partial charge in [-0.15, -0.1) is 0 Å². The Hall–Kier alpha value is -3.35. The summed E-state index contributed by atoms with van der Waals surface area (Å²) in [7, 11) is 1.69. The fraction of sp³-hybridized carbons (Fsp3) is 0.367. The molecule has 1 atom stereocenters. The van der Waals surface area contributed by atoms with E-state index in [-0.39, 0.29) is 11.9 Å². The normalized spacial score (nSPS) is 18.1. The molecule has 1 aliphatic rings. The van der Waals surface area contributed by atoms with E-state index in [4.69, 9.17) is 14.2 Å². The van der Waals surface area contributed by atoms with Crippen molar-refractivity contribution < 1.29 is 19.0 Å². The summed E-state index contributed by atoms with van der Waals surface area (Å²) >= 11 is 0. The summed E-state index contributed by atoms with van der Waals surface area (Å²) in [5.74, 6) is 1.32. The molecule has 3 aromatic rings. The number of hydrogen-bond acceptors (Lipinski definition) is 5. The van der Waals surface area contributed by atoms with Crippen LogP contribution in [0.1, 0.15) is 34.3 Å². The molecule has 0 aromatic heterocycles. The fourth-order valence-corrected chi connectivity index (χ4v) is 4.44. The zero-order chi connectivity index (χ0) is 25.0. The summed E-state index contributed by atoms with van der Waals surface area (Å²) in [6.45, 7) is 4.14. The van der Waals surface area contributed by atoms with Gasteiger partial charge in [-0.25, -0.2) is 0 Å². The fourth-order valence-electron chi connectivity index (χ4n) is 4.44. The lowest BCUT2D eigenvalue weighted by Gasteiger charge is -2.23. The molecule has 0 aliphatic carbocycles. The van der Waals surface area contributed by atoms with Crippen molar-refractivity contribution in [3.8, 4) is 11.5 Å². The number of nitrogens with zero attached hydrogens (tertiary/aromatic N) is 1. The molecule has 0 bridgehead atoms. The van der Waals surface area contributed by atoms with Crippen molar-refractivity contribution in [2.45, 2.75) is 31.8 Å². The number of rotatable bonds is 5. The van der Waals surface area contributed by atoms with Gasteiger partial charge in [0.05, 0.1) is 25.3 Å². The minimum atomic E-state index is -0.141. The Kier molecular flexibility index (Phi) is 9.77. The zero-order valence-electron chi connectivity index (χ0n) is 21.0. The minimum Gasteiger partial charge on any atom is -0.497 e. The summed E-state index contributed by atoms with van der Waals surface area (Å²) in [4.78, 5) is 15.6. The highest BCUT2D eigenvalue weighted by Gasteiger charge is 2.19. The summed E-state index contributed by atoms with van der Waals surface area (Å²) in [6.07, 6.45) is 2.70. The second-order valence-corrected chi connectivity index (χ2v) is 9.11. The molecule has 4 rings (SSSR count). The van der Waals surface area contributed by atoms with E-state index in [0.717, 1.165) is 38.2 Å². The zero-order valence-corrected chi connectivity index (χ0v) is 21.0. The van der Waals surface area contributed by atoms with Crippen LogP contribution >= 0.6 is 0 Å². The van der Waals surface area contributed by atoms with E-state index >= 15 is 0 Å². The van der Waals surface area contributed by atoms with Gasteiger partial charge in [-0.05, 0) is 61.2 Å². The maximum Gasteiger partial charge on any atom is 0.255 e. The number of ether oxygens (including phenoxy) is 3. The average Bonchev–Trinajstić information content (AvgIpc) is 2.91. The predicted octanol–water partition coefficient (Wildman–Crippen LogP) is 4.73. The number of fused-ring (bicyclic) bond motifs is 1. The van der Waals surface area contributed by atoms with Gasteiger partial charge in [0.25, 0.3) is 5.91 Å². The van der Waals surface area contributed by atoms with Gasteiger partial charge in [-0.3, -0.25) is 9.69 Å². The number of amides is 1. The molecule has 0 unspecified atom stereocenters. The van der Waals surface area contributed by atoms with Crippen LogP contribution in [0.5, 0.6) is 11.5 Å². The molecule has 0 radical (unpaired) electrons. The largest absolute Gasteiger partial charge is 0.497 e. The van der Waals surface area contributed by atoms with Crippen molar-refractivity contribution in [3.63, 3.8) is 0 Å². The Morgan fingerprint density at radius 3 is 2.58 bits per heavy atom. The molecule has 0 saturated carbocycles. The van der Waals surface area contributed by atoms with E-state index < -0.39 is 0 Å². The van der Waals surface area contributed by atoms with Crippen LogP contribution in [0.3, 0.4) is 0 Å². The van der Waals surface area contributed by atoms with Crippen molar-refractivity contribution in [2.75, 3.05) is 40.0 Å². The van der Waals surface area contributed by atoms with E-state index in [2.05, 4.69) is 34.5 Å². The molecule has 0 spiro atoms. The van der Waals surface area contributed by atoms with Crippen molar-refractivity contribution in [3.05, 3.63) is 95.6 Å². The second-order valence-electron chi connectivity index (χ2n) is 9.11. The van der Waals surface area contributed by atoms with E-state index in [1.807, 2.05) is 54.6 Å². The Bertz CT molecular complexity index is 1090. The predicted molar refractivity (Wildman–Crippen MR) is 142 cm³/mol. The molecule has 1 N–H and O–H groups in total. The molecule has 36 heavy (non-hydrogen) atoms. The molecular weight excluding hydrogens is 452 g/mol. The number of hydrogen-bond donors (Lipinski definition) is 1. The first kappa shape index (κ1) is 25.7. The van der Waals surface area contributed by atoms with Crippen LogP contribution in [0.25, 0.3) is 0 Å². The monoisotopic (exact) mass is 488 g/mol. The molecule has 0 saturated heterocycles. The Morgan fingerprint density at radius 2 is 1.72 bits per heavy atom. The lowest BCUT2D eigenvalue weighted by molar-refractivity contribution is 0.0823. The first-order valence-corrected chi connectivity index (χ1v) is 12.7.